The maximum atomic E-state index is 13.0. The van der Waals surface area contributed by atoms with Crippen molar-refractivity contribution in [3.63, 3.8) is 0 Å². The molecular weight excluding hydrogens is 388 g/mol. The lowest BCUT2D eigenvalue weighted by atomic mass is 9.99. The predicted molar refractivity (Wildman–Crippen MR) is 115 cm³/mol. The molecule has 0 radical (unpaired) electrons. The van der Waals surface area contributed by atoms with Crippen LogP contribution in [0.4, 0.5) is 5.69 Å². The molecule has 2 aromatic carbocycles. The molecule has 0 fully saturated rings. The van der Waals surface area contributed by atoms with Gasteiger partial charge in [-0.2, -0.15) is 0 Å². The van der Waals surface area contributed by atoms with E-state index in [9.17, 15) is 13.2 Å². The highest BCUT2D eigenvalue weighted by Gasteiger charge is 2.35. The lowest BCUT2D eigenvalue weighted by Crippen LogP contribution is -2.51. The molecule has 0 saturated carbocycles. The summed E-state index contributed by atoms with van der Waals surface area (Å²) >= 11 is 0. The third kappa shape index (κ3) is 4.56. The quantitative estimate of drug-likeness (QED) is 0.811. The normalized spacial score (nSPS) is 17.3. The van der Waals surface area contributed by atoms with Gasteiger partial charge in [0.2, 0.25) is 10.0 Å². The molecule has 1 amide bonds. The Labute approximate surface area is 172 Å². The van der Waals surface area contributed by atoms with Gasteiger partial charge in [0.05, 0.1) is 24.5 Å². The fourth-order valence-electron chi connectivity index (χ4n) is 3.48. The minimum Gasteiger partial charge on any atom is -0.476 e. The van der Waals surface area contributed by atoms with Crippen LogP contribution in [0.2, 0.25) is 0 Å². The number of hydrogen-bond acceptors (Lipinski definition) is 4. The second-order valence-corrected chi connectivity index (χ2v) is 9.59. The van der Waals surface area contributed by atoms with Gasteiger partial charge in [-0.05, 0) is 61.6 Å². The van der Waals surface area contributed by atoms with Crippen LogP contribution >= 0.6 is 0 Å². The smallest absolute Gasteiger partial charge is 0.263 e. The van der Waals surface area contributed by atoms with E-state index in [1.165, 1.54) is 9.87 Å². The second-order valence-electron chi connectivity index (χ2n) is 7.68. The van der Waals surface area contributed by atoms with Crippen molar-refractivity contribution < 1.29 is 17.9 Å². The Hall–Kier alpha value is -2.54. The minimum atomic E-state index is -3.55. The molecule has 1 N–H and O–H groups in total. The largest absolute Gasteiger partial charge is 0.476 e. The van der Waals surface area contributed by atoms with Crippen molar-refractivity contribution in [1.29, 1.82) is 0 Å². The van der Waals surface area contributed by atoms with E-state index in [1.807, 2.05) is 45.9 Å². The van der Waals surface area contributed by atoms with E-state index in [-0.39, 0.29) is 18.5 Å². The third-order valence-electron chi connectivity index (χ3n) is 5.33. The van der Waals surface area contributed by atoms with Crippen molar-refractivity contribution in [3.8, 4) is 5.75 Å². The predicted octanol–water partition coefficient (Wildman–Crippen LogP) is 3.41. The van der Waals surface area contributed by atoms with Crippen LogP contribution in [0.1, 0.15) is 41.6 Å². The molecule has 0 unspecified atom stereocenters. The molecule has 6 nitrogen and oxygen atoms in total. The molecule has 156 valence electrons. The summed E-state index contributed by atoms with van der Waals surface area (Å²) in [6.07, 6.45) is 0.941. The Morgan fingerprint density at radius 3 is 2.52 bits per heavy atom. The zero-order chi connectivity index (χ0) is 21.3. The number of anilines is 1. The molecule has 1 aliphatic rings. The van der Waals surface area contributed by atoms with Crippen molar-refractivity contribution >= 4 is 21.6 Å². The molecule has 0 saturated heterocycles. The summed E-state index contributed by atoms with van der Waals surface area (Å²) in [6.45, 7) is 7.93. The lowest BCUT2D eigenvalue weighted by Gasteiger charge is -2.34. The van der Waals surface area contributed by atoms with E-state index in [4.69, 9.17) is 4.74 Å². The number of nitrogens with one attached hydrogen (secondary N) is 1. The first kappa shape index (κ1) is 21.2. The Bertz CT molecular complexity index is 1030. The number of carbonyl (C=O) groups is 1. The summed E-state index contributed by atoms with van der Waals surface area (Å²) in [5.74, 6) is 0.0709. The van der Waals surface area contributed by atoms with Crippen molar-refractivity contribution in [2.75, 3.05) is 17.1 Å². The van der Waals surface area contributed by atoms with Crippen LogP contribution in [-0.4, -0.2) is 33.2 Å². The van der Waals surface area contributed by atoms with Crippen LogP contribution in [0, 0.1) is 20.8 Å². The van der Waals surface area contributed by atoms with Crippen LogP contribution in [0.5, 0.6) is 5.75 Å². The number of nitrogens with zero attached hydrogens (tertiary/aromatic N) is 1. The first-order valence-corrected chi connectivity index (χ1v) is 11.6. The summed E-state index contributed by atoms with van der Waals surface area (Å²) in [6, 6.07) is 11.3. The Morgan fingerprint density at radius 2 is 1.90 bits per heavy atom. The van der Waals surface area contributed by atoms with Gasteiger partial charge in [-0.1, -0.05) is 31.2 Å². The van der Waals surface area contributed by atoms with Gasteiger partial charge in [-0.15, -0.1) is 0 Å². The lowest BCUT2D eigenvalue weighted by molar-refractivity contribution is -0.128. The fourth-order valence-corrected chi connectivity index (χ4v) is 4.39. The van der Waals surface area contributed by atoms with Gasteiger partial charge in [0.1, 0.15) is 5.75 Å². The molecule has 3 rings (SSSR count). The van der Waals surface area contributed by atoms with E-state index >= 15 is 0 Å². The number of sulfonamides is 1. The number of fused-ring (bicyclic) bond motifs is 1. The Kier molecular flexibility index (Phi) is 5.89. The highest BCUT2D eigenvalue weighted by molar-refractivity contribution is 7.92. The zero-order valence-electron chi connectivity index (χ0n) is 17.5. The number of hydrogen-bond donors (Lipinski definition) is 1. The van der Waals surface area contributed by atoms with Crippen LogP contribution in [-0.2, 0) is 14.8 Å². The summed E-state index contributed by atoms with van der Waals surface area (Å²) in [5.41, 5.74) is 4.77. The highest BCUT2D eigenvalue weighted by Crippen LogP contribution is 2.36. The molecule has 0 bridgehead atoms. The molecule has 1 heterocycles. The van der Waals surface area contributed by atoms with E-state index in [0.29, 0.717) is 17.9 Å². The van der Waals surface area contributed by atoms with Gasteiger partial charge in [0, 0.05) is 0 Å². The van der Waals surface area contributed by atoms with Crippen molar-refractivity contribution in [2.24, 2.45) is 0 Å². The van der Waals surface area contributed by atoms with Gasteiger partial charge in [0.25, 0.3) is 5.91 Å². The fraction of sp³-hybridized carbons (Fsp3) is 0.409. The van der Waals surface area contributed by atoms with E-state index in [0.717, 1.165) is 22.9 Å². The Morgan fingerprint density at radius 1 is 1.17 bits per heavy atom. The molecule has 2 atom stereocenters. The molecule has 0 aromatic heterocycles. The molecule has 2 aromatic rings. The summed E-state index contributed by atoms with van der Waals surface area (Å²) in [7, 11) is -3.55. The van der Waals surface area contributed by atoms with E-state index in [1.54, 1.807) is 12.1 Å². The average molecular weight is 417 g/mol. The summed E-state index contributed by atoms with van der Waals surface area (Å²) in [5, 5.41) is 3.03. The van der Waals surface area contributed by atoms with Crippen LogP contribution in [0.25, 0.3) is 0 Å². The standard InChI is InChI=1S/C22H28N2O4S/c1-6-18(17-9-8-15(3)16(4)12-17)23-22(25)21-13-24(29(5,26)27)19-11-14(2)7-10-20(19)28-21/h7-12,18,21H,6,13H2,1-5H3,(H,23,25)/t18-,21-/m1/s1. The monoisotopic (exact) mass is 416 g/mol. The number of aryl methyl sites for hydroxylation is 3. The topological polar surface area (TPSA) is 75.7 Å². The molecule has 1 aliphatic heterocycles. The molecule has 0 aliphatic carbocycles. The summed E-state index contributed by atoms with van der Waals surface area (Å²) in [4.78, 5) is 13.0. The average Bonchev–Trinajstić information content (AvgIpc) is 2.66. The molecule has 7 heteroatoms. The Balaban J connectivity index is 1.85. The molecular formula is C22H28N2O4S. The molecule has 0 spiro atoms. The first-order chi connectivity index (χ1) is 13.6. The van der Waals surface area contributed by atoms with E-state index in [2.05, 4.69) is 11.4 Å². The zero-order valence-corrected chi connectivity index (χ0v) is 18.3. The highest BCUT2D eigenvalue weighted by atomic mass is 32.2. The van der Waals surface area contributed by atoms with Gasteiger partial charge in [0.15, 0.2) is 6.10 Å². The molecule has 29 heavy (non-hydrogen) atoms. The number of amides is 1. The third-order valence-corrected chi connectivity index (χ3v) is 6.48. The van der Waals surface area contributed by atoms with Crippen LogP contribution in [0.15, 0.2) is 36.4 Å². The van der Waals surface area contributed by atoms with E-state index < -0.39 is 16.1 Å². The van der Waals surface area contributed by atoms with Crippen molar-refractivity contribution in [1.82, 2.24) is 5.32 Å². The van der Waals surface area contributed by atoms with Crippen LogP contribution in [0.3, 0.4) is 0 Å². The van der Waals surface area contributed by atoms with Gasteiger partial charge in [-0.3, -0.25) is 9.10 Å². The number of ether oxygens (including phenoxy) is 1. The van der Waals surface area contributed by atoms with Crippen molar-refractivity contribution in [3.05, 3.63) is 58.7 Å². The maximum absolute atomic E-state index is 13.0. The minimum absolute atomic E-state index is 0.0511. The first-order valence-electron chi connectivity index (χ1n) is 9.72. The van der Waals surface area contributed by atoms with Gasteiger partial charge >= 0.3 is 0 Å². The number of carbonyl (C=O) groups excluding carboxylic acids is 1. The number of rotatable bonds is 5. The van der Waals surface area contributed by atoms with Gasteiger partial charge < -0.3 is 10.1 Å². The van der Waals surface area contributed by atoms with Gasteiger partial charge in [-0.25, -0.2) is 8.42 Å². The summed E-state index contributed by atoms with van der Waals surface area (Å²) < 4.78 is 31.8. The number of benzene rings is 2. The maximum Gasteiger partial charge on any atom is 0.263 e. The van der Waals surface area contributed by atoms with Crippen molar-refractivity contribution in [2.45, 2.75) is 46.3 Å². The SMILES string of the molecule is CC[C@@H](NC(=O)[C@H]1CN(S(C)(=O)=O)c2cc(C)ccc2O1)c1ccc(C)c(C)c1. The van der Waals surface area contributed by atoms with Crippen LogP contribution < -0.4 is 14.4 Å². The second kappa shape index (κ2) is 8.06.